The van der Waals surface area contributed by atoms with E-state index in [-0.39, 0.29) is 39.2 Å². The summed E-state index contributed by atoms with van der Waals surface area (Å²) in [6.45, 7) is 6.10. The largest absolute Gasteiger partial charge is 0.507 e. The molecule has 3 aromatic rings. The fourth-order valence-corrected chi connectivity index (χ4v) is 3.82. The molecule has 156 valence electrons. The quantitative estimate of drug-likeness (QED) is 0.232. The van der Waals surface area contributed by atoms with Crippen LogP contribution < -0.4 is 10.2 Å². The van der Waals surface area contributed by atoms with E-state index in [1.54, 1.807) is 12.1 Å². The van der Waals surface area contributed by atoms with Crippen molar-refractivity contribution in [1.82, 2.24) is 0 Å². The maximum absolute atomic E-state index is 13.0. The Balaban J connectivity index is 1.81. The number of benzene rings is 2. The summed E-state index contributed by atoms with van der Waals surface area (Å²) in [6.07, 6.45) is 8.49. The third kappa shape index (κ3) is 3.28. The summed E-state index contributed by atoms with van der Waals surface area (Å²) < 4.78 is 11.9. The fourth-order valence-electron chi connectivity index (χ4n) is 3.82. The summed E-state index contributed by atoms with van der Waals surface area (Å²) in [5.74, 6) is -0.478. The molecule has 0 unspecified atom stereocenters. The number of aromatic hydroxyl groups is 3. The Morgan fingerprint density at radius 1 is 1.13 bits per heavy atom. The Labute approximate surface area is 173 Å². The second-order valence-corrected chi connectivity index (χ2v) is 8.17. The monoisotopic (exact) mass is 408 g/mol. The molecule has 0 amide bonds. The summed E-state index contributed by atoms with van der Waals surface area (Å²) in [7, 11) is 0. The number of unbranched alkanes of at least 4 members (excludes halogenated alkanes) is 1. The fraction of sp³-hybridized carbons (Fsp3) is 0.292. The highest BCUT2D eigenvalue weighted by atomic mass is 16.5. The van der Waals surface area contributed by atoms with Crippen LogP contribution >= 0.6 is 0 Å². The number of allylic oxidation sites excluding steroid dienone is 2. The van der Waals surface area contributed by atoms with Gasteiger partial charge >= 0.3 is 0 Å². The number of hydrogen-bond donors (Lipinski definition) is 3. The van der Waals surface area contributed by atoms with Crippen molar-refractivity contribution in [2.45, 2.75) is 45.6 Å². The molecule has 1 aliphatic rings. The van der Waals surface area contributed by atoms with Crippen molar-refractivity contribution in [2.24, 2.45) is 0 Å². The lowest BCUT2D eigenvalue weighted by atomic mass is 9.93. The Hall–Kier alpha value is -3.41. The molecule has 4 rings (SSSR count). The van der Waals surface area contributed by atoms with Crippen LogP contribution in [0.5, 0.6) is 23.0 Å². The molecule has 30 heavy (non-hydrogen) atoms. The third-order valence-electron chi connectivity index (χ3n) is 5.42. The van der Waals surface area contributed by atoms with Crippen molar-refractivity contribution >= 4 is 28.0 Å². The van der Waals surface area contributed by atoms with Crippen molar-refractivity contribution in [3.8, 4) is 23.0 Å². The first kappa shape index (κ1) is 19.9. The second kappa shape index (κ2) is 7.13. The van der Waals surface area contributed by atoms with Crippen LogP contribution in [0.4, 0.5) is 0 Å². The molecule has 0 bridgehead atoms. The predicted molar refractivity (Wildman–Crippen MR) is 116 cm³/mol. The van der Waals surface area contributed by atoms with Gasteiger partial charge in [0.1, 0.15) is 39.2 Å². The molecule has 0 spiro atoms. The summed E-state index contributed by atoms with van der Waals surface area (Å²) in [5.41, 5.74) is 0.423. The van der Waals surface area contributed by atoms with E-state index in [0.29, 0.717) is 11.3 Å². The molecule has 1 aliphatic heterocycles. The average Bonchev–Trinajstić information content (AvgIpc) is 2.67. The van der Waals surface area contributed by atoms with E-state index >= 15 is 0 Å². The summed E-state index contributed by atoms with van der Waals surface area (Å²) >= 11 is 0. The molecule has 2 heterocycles. The zero-order valence-electron chi connectivity index (χ0n) is 17.2. The molecule has 0 radical (unpaired) electrons. The molecule has 3 N–H and O–H groups in total. The maximum Gasteiger partial charge on any atom is 0.208 e. The highest BCUT2D eigenvalue weighted by Gasteiger charge is 2.30. The Morgan fingerprint density at radius 3 is 2.60 bits per heavy atom. The van der Waals surface area contributed by atoms with Gasteiger partial charge in [-0.1, -0.05) is 11.6 Å². The second-order valence-electron chi connectivity index (χ2n) is 8.17. The number of rotatable bonds is 4. The van der Waals surface area contributed by atoms with Gasteiger partial charge in [-0.3, -0.25) is 4.79 Å². The zero-order valence-corrected chi connectivity index (χ0v) is 17.2. The van der Waals surface area contributed by atoms with Crippen LogP contribution in [-0.2, 0) is 0 Å². The topological polar surface area (TPSA) is 100 Å². The van der Waals surface area contributed by atoms with Gasteiger partial charge in [-0.2, -0.15) is 0 Å². The van der Waals surface area contributed by atoms with Gasteiger partial charge in [0.15, 0.2) is 11.3 Å². The van der Waals surface area contributed by atoms with Crippen molar-refractivity contribution < 1.29 is 24.5 Å². The first-order valence-electron chi connectivity index (χ1n) is 9.89. The van der Waals surface area contributed by atoms with Gasteiger partial charge in [-0.15, -0.1) is 0 Å². The maximum atomic E-state index is 13.0. The van der Waals surface area contributed by atoms with Gasteiger partial charge in [0.25, 0.3) is 0 Å². The first-order valence-corrected chi connectivity index (χ1v) is 9.89. The zero-order chi connectivity index (χ0) is 21.6. The molecular formula is C24H24O6. The van der Waals surface area contributed by atoms with Crippen LogP contribution in [0.3, 0.4) is 0 Å². The van der Waals surface area contributed by atoms with Crippen molar-refractivity contribution in [2.75, 3.05) is 0 Å². The molecule has 1 atom stereocenters. The van der Waals surface area contributed by atoms with Gasteiger partial charge in [-0.25, -0.2) is 0 Å². The Bertz CT molecular complexity index is 1280. The minimum atomic E-state index is -0.622. The number of phenols is 3. The molecule has 0 fully saturated rings. The van der Waals surface area contributed by atoms with Crippen LogP contribution in [0.25, 0.3) is 28.0 Å². The molecular weight excluding hydrogens is 384 g/mol. The van der Waals surface area contributed by atoms with Crippen LogP contribution in [0.15, 0.2) is 45.1 Å². The first-order chi connectivity index (χ1) is 14.2. The Kier molecular flexibility index (Phi) is 4.73. The molecule has 0 aliphatic carbocycles. The average molecular weight is 408 g/mol. The summed E-state index contributed by atoms with van der Waals surface area (Å²) in [6, 6.07) is 4.00. The van der Waals surface area contributed by atoms with E-state index in [4.69, 9.17) is 9.15 Å². The van der Waals surface area contributed by atoms with Crippen molar-refractivity contribution in [3.63, 3.8) is 0 Å². The normalized spacial score (nSPS) is 17.7. The van der Waals surface area contributed by atoms with Crippen LogP contribution in [-0.4, -0.2) is 20.9 Å². The van der Waals surface area contributed by atoms with E-state index < -0.39 is 11.0 Å². The lowest BCUT2D eigenvalue weighted by molar-refractivity contribution is 0.125. The lowest BCUT2D eigenvalue weighted by Gasteiger charge is -2.32. The van der Waals surface area contributed by atoms with Gasteiger partial charge in [0.05, 0.1) is 5.56 Å². The third-order valence-corrected chi connectivity index (χ3v) is 5.42. The summed E-state index contributed by atoms with van der Waals surface area (Å²) in [5, 5.41) is 30.7. The predicted octanol–water partition coefficient (Wildman–Crippen LogP) is 5.36. The highest BCUT2D eigenvalue weighted by molar-refractivity contribution is 6.00. The number of ether oxygens (including phenoxy) is 1. The van der Waals surface area contributed by atoms with E-state index in [2.05, 4.69) is 19.9 Å². The Morgan fingerprint density at radius 2 is 1.87 bits per heavy atom. The van der Waals surface area contributed by atoms with Crippen LogP contribution in [0.1, 0.15) is 45.6 Å². The smallest absolute Gasteiger partial charge is 0.208 e. The molecule has 6 nitrogen and oxygen atoms in total. The number of fused-ring (bicyclic) bond motifs is 3. The van der Waals surface area contributed by atoms with Gasteiger partial charge < -0.3 is 24.5 Å². The van der Waals surface area contributed by atoms with Gasteiger partial charge in [-0.05, 0) is 64.3 Å². The molecule has 6 heteroatoms. The molecule has 0 saturated carbocycles. The van der Waals surface area contributed by atoms with E-state index in [1.807, 2.05) is 13.0 Å². The molecule has 1 aromatic heterocycles. The minimum Gasteiger partial charge on any atom is -0.507 e. The standard InChI is InChI=1S/C24H24O6/c1-13(2)6-4-5-10-24(3)11-9-14-17(30-24)12-18-20(21(14)27)22(28)19-15(25)7-8-16(26)23(19)29-18/h6-9,11-12,25-27H,4-5,10H2,1-3H3/t24-/m0/s1. The SMILES string of the molecule is CC(C)=CCCC[C@@]1(C)C=Cc2c(cc3oc4c(O)ccc(O)c4c(=O)c3c2O)O1. The number of phenolic OH excluding ortho intramolecular Hbond substituents is 3. The van der Waals surface area contributed by atoms with E-state index in [1.165, 1.54) is 17.7 Å². The van der Waals surface area contributed by atoms with Crippen LogP contribution in [0, 0.1) is 0 Å². The highest BCUT2D eigenvalue weighted by Crippen LogP contribution is 2.43. The minimum absolute atomic E-state index is 0.0671. The van der Waals surface area contributed by atoms with E-state index in [0.717, 1.165) is 19.3 Å². The van der Waals surface area contributed by atoms with Gasteiger partial charge in [0.2, 0.25) is 5.43 Å². The van der Waals surface area contributed by atoms with E-state index in [9.17, 15) is 20.1 Å². The molecule has 0 saturated heterocycles. The summed E-state index contributed by atoms with van der Waals surface area (Å²) in [4.78, 5) is 13.0. The van der Waals surface area contributed by atoms with Gasteiger partial charge in [0, 0.05) is 6.07 Å². The number of hydrogen-bond acceptors (Lipinski definition) is 6. The van der Waals surface area contributed by atoms with Crippen molar-refractivity contribution in [1.29, 1.82) is 0 Å². The van der Waals surface area contributed by atoms with Crippen molar-refractivity contribution in [3.05, 3.63) is 51.7 Å². The lowest BCUT2D eigenvalue weighted by Crippen LogP contribution is -2.31. The molecule has 2 aromatic carbocycles. The van der Waals surface area contributed by atoms with Crippen LogP contribution in [0.2, 0.25) is 0 Å².